The molecule has 0 spiro atoms. The molecule has 0 fully saturated rings. The smallest absolute Gasteiger partial charge is 0.178 e. The minimum atomic E-state index is 0.324. The van der Waals surface area contributed by atoms with E-state index in [9.17, 15) is 0 Å². The van der Waals surface area contributed by atoms with Crippen LogP contribution >= 0.6 is 11.3 Å². The van der Waals surface area contributed by atoms with Crippen molar-refractivity contribution in [1.29, 1.82) is 0 Å². The number of aryl methyl sites for hydroxylation is 1. The molecule has 21 heavy (non-hydrogen) atoms. The zero-order valence-corrected chi connectivity index (χ0v) is 13.1. The molecule has 0 saturated carbocycles. The van der Waals surface area contributed by atoms with E-state index in [0.29, 0.717) is 6.04 Å². The summed E-state index contributed by atoms with van der Waals surface area (Å²) in [6, 6.07) is 8.43. The molecule has 0 amide bonds. The molecule has 3 rings (SSSR count). The Kier molecular flexibility index (Phi) is 3.85. The van der Waals surface area contributed by atoms with E-state index in [1.807, 2.05) is 19.1 Å². The Morgan fingerprint density at radius 3 is 2.86 bits per heavy atom. The van der Waals surface area contributed by atoms with E-state index in [4.69, 9.17) is 0 Å². The molecule has 6 nitrogen and oxygen atoms in total. The fraction of sp³-hybridized carbons (Fsp3) is 0.357. The highest BCUT2D eigenvalue weighted by Gasteiger charge is 2.15. The molecule has 3 aromatic heterocycles. The van der Waals surface area contributed by atoms with Crippen LogP contribution in [0.25, 0.3) is 5.65 Å². The highest BCUT2D eigenvalue weighted by molar-refractivity contribution is 7.10. The van der Waals surface area contributed by atoms with Gasteiger partial charge in [-0.05, 0) is 44.6 Å². The Bertz CT molecular complexity index is 718. The number of anilines is 1. The Labute approximate surface area is 127 Å². The predicted octanol–water partition coefficient (Wildman–Crippen LogP) is 2.21. The second-order valence-electron chi connectivity index (χ2n) is 5.11. The van der Waals surface area contributed by atoms with E-state index in [0.717, 1.165) is 23.8 Å². The Hall–Kier alpha value is -1.99. The van der Waals surface area contributed by atoms with E-state index in [-0.39, 0.29) is 0 Å². The molecule has 1 atom stereocenters. The first-order valence-electron chi connectivity index (χ1n) is 6.78. The van der Waals surface area contributed by atoms with Gasteiger partial charge in [0, 0.05) is 11.4 Å². The van der Waals surface area contributed by atoms with Gasteiger partial charge >= 0.3 is 0 Å². The van der Waals surface area contributed by atoms with Gasteiger partial charge < -0.3 is 10.2 Å². The van der Waals surface area contributed by atoms with E-state index >= 15 is 0 Å². The van der Waals surface area contributed by atoms with Gasteiger partial charge in [-0.2, -0.15) is 4.52 Å². The zero-order chi connectivity index (χ0) is 14.8. The van der Waals surface area contributed by atoms with Crippen LogP contribution in [0.2, 0.25) is 0 Å². The second kappa shape index (κ2) is 5.79. The molecule has 0 radical (unpaired) electrons. The minimum Gasteiger partial charge on any atom is -0.367 e. The largest absolute Gasteiger partial charge is 0.367 e. The number of hydrogen-bond donors (Lipinski definition) is 1. The predicted molar refractivity (Wildman–Crippen MR) is 84.8 cm³/mol. The Morgan fingerprint density at radius 2 is 2.14 bits per heavy atom. The van der Waals surface area contributed by atoms with Crippen molar-refractivity contribution in [1.82, 2.24) is 24.7 Å². The molecule has 3 heterocycles. The maximum atomic E-state index is 4.51. The van der Waals surface area contributed by atoms with Crippen LogP contribution in [0.1, 0.15) is 16.7 Å². The first-order valence-corrected chi connectivity index (χ1v) is 7.66. The number of likely N-dealkylation sites (N-methyl/N-ethyl adjacent to an activating group) is 1. The van der Waals surface area contributed by atoms with Gasteiger partial charge in [-0.3, -0.25) is 0 Å². The van der Waals surface area contributed by atoms with Crippen LogP contribution in [0.4, 0.5) is 5.82 Å². The summed E-state index contributed by atoms with van der Waals surface area (Å²) < 4.78 is 1.75. The van der Waals surface area contributed by atoms with Crippen LogP contribution in [-0.2, 0) is 0 Å². The SMILES string of the molecule is Cc1nnc2ccc(NC[C@H](c3cccs3)N(C)C)nn12. The lowest BCUT2D eigenvalue weighted by Crippen LogP contribution is -2.26. The van der Waals surface area contributed by atoms with Crippen molar-refractivity contribution in [2.24, 2.45) is 0 Å². The van der Waals surface area contributed by atoms with Gasteiger partial charge in [-0.15, -0.1) is 26.6 Å². The molecule has 1 N–H and O–H groups in total. The zero-order valence-electron chi connectivity index (χ0n) is 12.3. The van der Waals surface area contributed by atoms with Crippen LogP contribution in [-0.4, -0.2) is 45.4 Å². The van der Waals surface area contributed by atoms with Gasteiger partial charge in [0.05, 0.1) is 6.04 Å². The Morgan fingerprint density at radius 1 is 1.29 bits per heavy atom. The van der Waals surface area contributed by atoms with E-state index in [1.54, 1.807) is 15.9 Å². The molecule has 7 heteroatoms. The molecule has 3 aromatic rings. The maximum absolute atomic E-state index is 4.51. The van der Waals surface area contributed by atoms with Gasteiger partial charge in [-0.1, -0.05) is 6.07 Å². The van der Waals surface area contributed by atoms with Crippen LogP contribution < -0.4 is 5.32 Å². The average molecular weight is 302 g/mol. The third-order valence-corrected chi connectivity index (χ3v) is 4.36. The summed E-state index contributed by atoms with van der Waals surface area (Å²) in [5, 5.41) is 18.1. The van der Waals surface area contributed by atoms with Crippen molar-refractivity contribution in [3.05, 3.63) is 40.3 Å². The lowest BCUT2D eigenvalue weighted by Gasteiger charge is -2.23. The van der Waals surface area contributed by atoms with Crippen molar-refractivity contribution in [3.8, 4) is 0 Å². The molecule has 0 aliphatic heterocycles. The number of thiophene rings is 1. The third-order valence-electron chi connectivity index (χ3n) is 3.39. The highest BCUT2D eigenvalue weighted by atomic mass is 32.1. The number of aromatic nitrogens is 4. The molecule has 110 valence electrons. The third kappa shape index (κ3) is 2.88. The summed E-state index contributed by atoms with van der Waals surface area (Å²) in [5.74, 6) is 1.62. The fourth-order valence-electron chi connectivity index (χ4n) is 2.21. The summed E-state index contributed by atoms with van der Waals surface area (Å²) in [7, 11) is 4.18. The number of nitrogens with zero attached hydrogens (tertiary/aromatic N) is 5. The summed E-state index contributed by atoms with van der Waals surface area (Å²) >= 11 is 1.77. The molecule has 0 unspecified atom stereocenters. The van der Waals surface area contributed by atoms with Gasteiger partial charge in [0.25, 0.3) is 0 Å². The van der Waals surface area contributed by atoms with Gasteiger partial charge in [0.1, 0.15) is 5.82 Å². The molecule has 0 aromatic carbocycles. The fourth-order valence-corrected chi connectivity index (χ4v) is 3.13. The second-order valence-corrected chi connectivity index (χ2v) is 6.09. The van der Waals surface area contributed by atoms with Crippen molar-refractivity contribution in [2.45, 2.75) is 13.0 Å². The molecule has 0 bridgehead atoms. The van der Waals surface area contributed by atoms with Crippen molar-refractivity contribution in [3.63, 3.8) is 0 Å². The van der Waals surface area contributed by atoms with Crippen molar-refractivity contribution in [2.75, 3.05) is 26.0 Å². The van der Waals surface area contributed by atoms with Crippen LogP contribution in [0, 0.1) is 6.92 Å². The topological polar surface area (TPSA) is 58.4 Å². The molecule has 0 saturated heterocycles. The number of fused-ring (bicyclic) bond motifs is 1. The number of rotatable bonds is 5. The van der Waals surface area contributed by atoms with Gasteiger partial charge in [0.2, 0.25) is 0 Å². The van der Waals surface area contributed by atoms with E-state index < -0.39 is 0 Å². The first-order chi connectivity index (χ1) is 10.1. The first kappa shape index (κ1) is 14.0. The molecule has 0 aliphatic rings. The molecular weight excluding hydrogens is 284 g/mol. The van der Waals surface area contributed by atoms with Crippen LogP contribution in [0.15, 0.2) is 29.6 Å². The molecule has 0 aliphatic carbocycles. The average Bonchev–Trinajstić information content (AvgIpc) is 3.10. The minimum absolute atomic E-state index is 0.324. The van der Waals surface area contributed by atoms with Crippen LogP contribution in [0.5, 0.6) is 0 Å². The summed E-state index contributed by atoms with van der Waals surface area (Å²) in [6.45, 7) is 2.69. The number of nitrogens with one attached hydrogen (secondary N) is 1. The van der Waals surface area contributed by atoms with Crippen molar-refractivity contribution >= 4 is 22.8 Å². The summed E-state index contributed by atoms with van der Waals surface area (Å²) in [4.78, 5) is 3.55. The standard InChI is InChI=1S/C14H18N6S/c1-10-16-17-14-7-6-13(18-20(10)14)15-9-11(19(2)3)12-5-4-8-21-12/h4-8,11H,9H2,1-3H3,(H,15,18)/t11-/m1/s1. The van der Waals surface area contributed by atoms with Gasteiger partial charge in [0.15, 0.2) is 11.5 Å². The highest BCUT2D eigenvalue weighted by Crippen LogP contribution is 2.23. The number of hydrogen-bond acceptors (Lipinski definition) is 6. The van der Waals surface area contributed by atoms with Crippen molar-refractivity contribution < 1.29 is 0 Å². The lowest BCUT2D eigenvalue weighted by molar-refractivity contribution is 0.316. The lowest BCUT2D eigenvalue weighted by atomic mass is 10.2. The van der Waals surface area contributed by atoms with E-state index in [1.165, 1.54) is 4.88 Å². The maximum Gasteiger partial charge on any atom is 0.178 e. The molecular formula is C14H18N6S. The van der Waals surface area contributed by atoms with Gasteiger partial charge in [-0.25, -0.2) is 0 Å². The quantitative estimate of drug-likeness (QED) is 0.783. The van der Waals surface area contributed by atoms with E-state index in [2.05, 4.69) is 57.1 Å². The van der Waals surface area contributed by atoms with Crippen LogP contribution in [0.3, 0.4) is 0 Å². The monoisotopic (exact) mass is 302 g/mol. The normalized spacial score (nSPS) is 13.0. The summed E-state index contributed by atoms with van der Waals surface area (Å²) in [5.41, 5.74) is 0.764. The Balaban J connectivity index is 1.76. The summed E-state index contributed by atoms with van der Waals surface area (Å²) in [6.07, 6.45) is 0.